The minimum absolute atomic E-state index is 0.441. The van der Waals surface area contributed by atoms with Crippen molar-refractivity contribution in [3.63, 3.8) is 0 Å². The Balaban J connectivity index is 2.73. The van der Waals surface area contributed by atoms with Crippen LogP contribution in [0.4, 0.5) is 5.69 Å². The second-order valence-corrected chi connectivity index (χ2v) is 4.05. The molecule has 0 aromatic heterocycles. The Morgan fingerprint density at radius 1 is 1.47 bits per heavy atom. The maximum atomic E-state index is 5.85. The van der Waals surface area contributed by atoms with Crippen molar-refractivity contribution in [2.75, 3.05) is 11.9 Å². The summed E-state index contributed by atoms with van der Waals surface area (Å²) in [5.41, 5.74) is 0.762. The van der Waals surface area contributed by atoms with Gasteiger partial charge in [0.25, 0.3) is 0 Å². The van der Waals surface area contributed by atoms with Crippen LogP contribution in [0.15, 0.2) is 18.2 Å². The van der Waals surface area contributed by atoms with Gasteiger partial charge in [0.05, 0.1) is 10.0 Å². The fourth-order valence-corrected chi connectivity index (χ4v) is 1.46. The third-order valence-electron chi connectivity index (χ3n) is 1.77. The Morgan fingerprint density at radius 3 is 2.67 bits per heavy atom. The molecule has 3 nitrogen and oxygen atoms in total. The molecule has 0 spiro atoms. The number of anilines is 1. The van der Waals surface area contributed by atoms with Gasteiger partial charge in [-0.25, -0.2) is 5.84 Å². The summed E-state index contributed by atoms with van der Waals surface area (Å²) in [4.78, 5) is 0. The summed E-state index contributed by atoms with van der Waals surface area (Å²) in [7, 11) is 0. The summed E-state index contributed by atoms with van der Waals surface area (Å²) >= 11 is 16.7. The first-order valence-corrected chi connectivity index (χ1v) is 5.49. The van der Waals surface area contributed by atoms with Gasteiger partial charge in [-0.2, -0.15) is 0 Å². The molecule has 0 atom stereocenters. The van der Waals surface area contributed by atoms with E-state index in [0.717, 1.165) is 5.69 Å². The number of thiocarbonyl (C=S) groups is 1. The molecule has 0 aliphatic heterocycles. The average molecular weight is 264 g/mol. The predicted octanol–water partition coefficient (Wildman–Crippen LogP) is 2.89. The molecule has 0 amide bonds. The zero-order chi connectivity index (χ0) is 11.4. The molecule has 3 N–H and O–H groups in total. The lowest BCUT2D eigenvalue weighted by Crippen LogP contribution is -2.40. The topological polar surface area (TPSA) is 41.3 Å². The van der Waals surface area contributed by atoms with Crippen molar-refractivity contribution in [1.29, 1.82) is 0 Å². The summed E-state index contributed by atoms with van der Waals surface area (Å²) < 4.78 is 0. The van der Waals surface area contributed by atoms with Gasteiger partial charge in [0.1, 0.15) is 0 Å². The van der Waals surface area contributed by atoms with Crippen LogP contribution >= 0.6 is 35.4 Å². The SMILES string of the molecule is CCN(N)C(=S)Nc1ccc(Cl)c(Cl)c1. The van der Waals surface area contributed by atoms with E-state index in [1.807, 2.05) is 6.92 Å². The van der Waals surface area contributed by atoms with E-state index in [0.29, 0.717) is 21.7 Å². The van der Waals surface area contributed by atoms with Gasteiger partial charge in [-0.15, -0.1) is 0 Å². The second-order valence-electron chi connectivity index (χ2n) is 2.85. The Hall–Kier alpha value is -0.550. The van der Waals surface area contributed by atoms with Gasteiger partial charge in [0.2, 0.25) is 0 Å². The fourth-order valence-electron chi connectivity index (χ4n) is 0.913. The molecule has 0 fully saturated rings. The first-order valence-electron chi connectivity index (χ1n) is 4.33. The number of hydrazine groups is 1. The van der Waals surface area contributed by atoms with E-state index >= 15 is 0 Å². The number of hydrogen-bond acceptors (Lipinski definition) is 2. The summed E-state index contributed by atoms with van der Waals surface area (Å²) in [6, 6.07) is 5.17. The average Bonchev–Trinajstić information content (AvgIpc) is 2.22. The molecule has 0 aliphatic carbocycles. The number of halogens is 2. The van der Waals surface area contributed by atoms with Gasteiger partial charge >= 0.3 is 0 Å². The van der Waals surface area contributed by atoms with E-state index in [1.165, 1.54) is 5.01 Å². The molecule has 1 aromatic rings. The summed E-state index contributed by atoms with van der Waals surface area (Å²) in [6.07, 6.45) is 0. The first-order chi connectivity index (χ1) is 7.04. The minimum atomic E-state index is 0.441. The number of rotatable bonds is 2. The molecule has 0 aliphatic rings. The zero-order valence-corrected chi connectivity index (χ0v) is 10.5. The van der Waals surface area contributed by atoms with Gasteiger partial charge in [0.15, 0.2) is 5.11 Å². The van der Waals surface area contributed by atoms with E-state index in [-0.39, 0.29) is 0 Å². The maximum Gasteiger partial charge on any atom is 0.187 e. The molecule has 0 radical (unpaired) electrons. The molecule has 15 heavy (non-hydrogen) atoms. The molecule has 82 valence electrons. The van der Waals surface area contributed by atoms with Gasteiger partial charge < -0.3 is 5.32 Å². The lowest BCUT2D eigenvalue weighted by atomic mass is 10.3. The van der Waals surface area contributed by atoms with Crippen molar-refractivity contribution in [2.45, 2.75) is 6.92 Å². The Labute approximate surface area is 104 Å². The largest absolute Gasteiger partial charge is 0.331 e. The number of benzene rings is 1. The standard InChI is InChI=1S/C9H11Cl2N3S/c1-2-14(12)9(15)13-6-3-4-7(10)8(11)5-6/h3-5H,2,12H2,1H3,(H,13,15). The Bertz CT molecular complexity index is 370. The normalized spacial score (nSPS) is 9.87. The first kappa shape index (κ1) is 12.5. The highest BCUT2D eigenvalue weighted by atomic mass is 35.5. The molecule has 0 saturated carbocycles. The van der Waals surface area contributed by atoms with E-state index in [4.69, 9.17) is 41.3 Å². The van der Waals surface area contributed by atoms with Crippen LogP contribution in [0.5, 0.6) is 0 Å². The molecule has 1 aromatic carbocycles. The van der Waals surface area contributed by atoms with E-state index < -0.39 is 0 Å². The van der Waals surface area contributed by atoms with Crippen LogP contribution in [0.2, 0.25) is 10.0 Å². The van der Waals surface area contributed by atoms with Gasteiger partial charge in [-0.3, -0.25) is 5.01 Å². The summed E-state index contributed by atoms with van der Waals surface area (Å²) in [5.74, 6) is 5.60. The Kier molecular flexibility index (Phi) is 4.60. The predicted molar refractivity (Wildman–Crippen MR) is 69.3 cm³/mol. The monoisotopic (exact) mass is 263 g/mol. The highest BCUT2D eigenvalue weighted by Crippen LogP contribution is 2.24. The van der Waals surface area contributed by atoms with Crippen molar-refractivity contribution in [3.05, 3.63) is 28.2 Å². The lowest BCUT2D eigenvalue weighted by Gasteiger charge is -2.18. The second kappa shape index (κ2) is 5.51. The lowest BCUT2D eigenvalue weighted by molar-refractivity contribution is 0.473. The highest BCUT2D eigenvalue weighted by Gasteiger charge is 2.04. The van der Waals surface area contributed by atoms with Crippen LogP contribution in [0.1, 0.15) is 6.92 Å². The van der Waals surface area contributed by atoms with Crippen LogP contribution in [0, 0.1) is 0 Å². The van der Waals surface area contributed by atoms with Crippen molar-refractivity contribution in [1.82, 2.24) is 5.01 Å². The molecular weight excluding hydrogens is 253 g/mol. The quantitative estimate of drug-likeness (QED) is 0.489. The molecule has 0 bridgehead atoms. The maximum absolute atomic E-state index is 5.85. The smallest absolute Gasteiger partial charge is 0.187 e. The molecular formula is C9H11Cl2N3S. The van der Waals surface area contributed by atoms with E-state index in [9.17, 15) is 0 Å². The van der Waals surface area contributed by atoms with Crippen LogP contribution < -0.4 is 11.2 Å². The summed E-state index contributed by atoms with van der Waals surface area (Å²) in [6.45, 7) is 2.54. The van der Waals surface area contributed by atoms with Gasteiger partial charge in [-0.05, 0) is 37.3 Å². The molecule has 1 rings (SSSR count). The van der Waals surface area contributed by atoms with Crippen LogP contribution in [0.25, 0.3) is 0 Å². The number of nitrogens with zero attached hydrogens (tertiary/aromatic N) is 1. The molecule has 0 heterocycles. The van der Waals surface area contributed by atoms with Crippen molar-refractivity contribution >= 4 is 46.2 Å². The summed E-state index contributed by atoms with van der Waals surface area (Å²) in [5, 5.41) is 5.80. The van der Waals surface area contributed by atoms with Crippen molar-refractivity contribution in [3.8, 4) is 0 Å². The van der Waals surface area contributed by atoms with E-state index in [2.05, 4.69) is 5.32 Å². The third kappa shape index (κ3) is 3.50. The zero-order valence-electron chi connectivity index (χ0n) is 8.13. The molecule has 0 saturated heterocycles. The van der Waals surface area contributed by atoms with Crippen LogP contribution in [-0.2, 0) is 0 Å². The van der Waals surface area contributed by atoms with Crippen LogP contribution in [-0.4, -0.2) is 16.7 Å². The number of nitrogens with one attached hydrogen (secondary N) is 1. The highest BCUT2D eigenvalue weighted by molar-refractivity contribution is 7.80. The third-order valence-corrected chi connectivity index (χ3v) is 2.85. The van der Waals surface area contributed by atoms with Gasteiger partial charge in [0, 0.05) is 12.2 Å². The van der Waals surface area contributed by atoms with E-state index in [1.54, 1.807) is 18.2 Å². The van der Waals surface area contributed by atoms with Crippen molar-refractivity contribution < 1.29 is 0 Å². The van der Waals surface area contributed by atoms with Gasteiger partial charge in [-0.1, -0.05) is 23.2 Å². The Morgan fingerprint density at radius 2 is 2.13 bits per heavy atom. The minimum Gasteiger partial charge on any atom is -0.331 e. The molecule has 6 heteroatoms. The number of nitrogens with two attached hydrogens (primary N) is 1. The van der Waals surface area contributed by atoms with Crippen molar-refractivity contribution in [2.24, 2.45) is 5.84 Å². The van der Waals surface area contributed by atoms with Crippen LogP contribution in [0.3, 0.4) is 0 Å². The number of hydrogen-bond donors (Lipinski definition) is 2. The fraction of sp³-hybridized carbons (Fsp3) is 0.222. The molecule has 0 unspecified atom stereocenters.